The molecular weight excluding hydrogens is 370 g/mol. The van der Waals surface area contributed by atoms with Crippen molar-refractivity contribution in [3.63, 3.8) is 0 Å². The van der Waals surface area contributed by atoms with Gasteiger partial charge < -0.3 is 10.6 Å². The molecule has 24 heavy (non-hydrogen) atoms. The summed E-state index contributed by atoms with van der Waals surface area (Å²) in [5.74, 6) is 0.0978. The van der Waals surface area contributed by atoms with E-state index in [0.717, 1.165) is 10.0 Å². The molecule has 0 aliphatic heterocycles. The molecule has 2 heterocycles. The van der Waals surface area contributed by atoms with Crippen LogP contribution >= 0.6 is 15.9 Å². The second-order valence-electron chi connectivity index (χ2n) is 4.94. The summed E-state index contributed by atoms with van der Waals surface area (Å²) in [5, 5.41) is 5.88. The third kappa shape index (κ3) is 4.36. The molecule has 0 radical (unpaired) electrons. The zero-order valence-electron chi connectivity index (χ0n) is 12.6. The fourth-order valence-electron chi connectivity index (χ4n) is 2.02. The van der Waals surface area contributed by atoms with Crippen molar-refractivity contribution in [3.8, 4) is 0 Å². The first kappa shape index (κ1) is 16.1. The van der Waals surface area contributed by atoms with Crippen LogP contribution < -0.4 is 10.6 Å². The number of nitrogens with zero attached hydrogens (tertiary/aromatic N) is 3. The van der Waals surface area contributed by atoms with Gasteiger partial charge in [-0.15, -0.1) is 0 Å². The Morgan fingerprint density at radius 3 is 2.83 bits per heavy atom. The first-order chi connectivity index (χ1) is 11.7. The number of carbonyl (C=O) groups excluding carboxylic acids is 1. The molecule has 1 aromatic carbocycles. The van der Waals surface area contributed by atoms with Gasteiger partial charge >= 0.3 is 0 Å². The van der Waals surface area contributed by atoms with E-state index < -0.39 is 0 Å². The molecule has 120 valence electrons. The van der Waals surface area contributed by atoms with Crippen LogP contribution in [0.15, 0.2) is 65.5 Å². The van der Waals surface area contributed by atoms with E-state index in [2.05, 4.69) is 41.5 Å². The van der Waals surface area contributed by atoms with Gasteiger partial charge in [-0.25, -0.2) is 9.97 Å². The zero-order chi connectivity index (χ0) is 16.8. The van der Waals surface area contributed by atoms with Gasteiger partial charge in [-0.1, -0.05) is 28.1 Å². The van der Waals surface area contributed by atoms with Gasteiger partial charge in [0.05, 0.1) is 0 Å². The Morgan fingerprint density at radius 1 is 1.12 bits per heavy atom. The van der Waals surface area contributed by atoms with Crippen LogP contribution in [-0.2, 0) is 6.54 Å². The molecule has 0 spiro atoms. The van der Waals surface area contributed by atoms with Crippen LogP contribution in [0.25, 0.3) is 0 Å². The summed E-state index contributed by atoms with van der Waals surface area (Å²) in [6, 6.07) is 12.7. The first-order valence-electron chi connectivity index (χ1n) is 7.23. The van der Waals surface area contributed by atoms with Crippen LogP contribution in [0.1, 0.15) is 16.1 Å². The van der Waals surface area contributed by atoms with Gasteiger partial charge in [0.1, 0.15) is 5.69 Å². The predicted octanol–water partition coefficient (Wildman–Crippen LogP) is 3.50. The molecule has 2 aromatic heterocycles. The fraction of sp³-hybridized carbons (Fsp3) is 0.0588. The molecule has 0 unspecified atom stereocenters. The number of halogens is 1. The molecule has 2 N–H and O–H groups in total. The highest BCUT2D eigenvalue weighted by Gasteiger charge is 2.09. The standard InChI is InChI=1S/C17H14BrN5O/c18-13-4-1-5-14(9-13)22-16(24)15-6-8-20-17(23-15)21-11-12-3-2-7-19-10-12/h1-10H,11H2,(H,22,24)(H,20,21,23). The van der Waals surface area contributed by atoms with Crippen molar-refractivity contribution < 1.29 is 4.79 Å². The summed E-state index contributed by atoms with van der Waals surface area (Å²) < 4.78 is 0.891. The molecule has 3 rings (SSSR count). The van der Waals surface area contributed by atoms with Gasteiger partial charge in [0.25, 0.3) is 5.91 Å². The van der Waals surface area contributed by atoms with E-state index in [1.54, 1.807) is 24.7 Å². The van der Waals surface area contributed by atoms with Crippen molar-refractivity contribution in [2.24, 2.45) is 0 Å². The Morgan fingerprint density at radius 2 is 2.04 bits per heavy atom. The smallest absolute Gasteiger partial charge is 0.274 e. The third-order valence-electron chi connectivity index (χ3n) is 3.14. The van der Waals surface area contributed by atoms with Crippen LogP contribution in [0, 0.1) is 0 Å². The second-order valence-corrected chi connectivity index (χ2v) is 5.86. The number of amides is 1. The lowest BCUT2D eigenvalue weighted by atomic mass is 10.3. The Kier molecular flexibility index (Phi) is 5.12. The van der Waals surface area contributed by atoms with Gasteiger partial charge in [-0.3, -0.25) is 9.78 Å². The van der Waals surface area contributed by atoms with Gasteiger partial charge in [0.2, 0.25) is 5.95 Å². The molecule has 7 heteroatoms. The maximum absolute atomic E-state index is 12.3. The quantitative estimate of drug-likeness (QED) is 0.704. The Bertz CT molecular complexity index is 841. The van der Waals surface area contributed by atoms with Crippen LogP contribution in [0.5, 0.6) is 0 Å². The van der Waals surface area contributed by atoms with Gasteiger partial charge in [0.15, 0.2) is 0 Å². The minimum absolute atomic E-state index is 0.290. The van der Waals surface area contributed by atoms with Gasteiger partial charge in [0, 0.05) is 35.3 Å². The molecule has 3 aromatic rings. The molecule has 0 saturated carbocycles. The number of benzene rings is 1. The lowest BCUT2D eigenvalue weighted by molar-refractivity contribution is 0.102. The molecule has 6 nitrogen and oxygen atoms in total. The number of rotatable bonds is 5. The number of pyridine rings is 1. The van der Waals surface area contributed by atoms with Crippen LogP contribution in [0.2, 0.25) is 0 Å². The van der Waals surface area contributed by atoms with E-state index >= 15 is 0 Å². The third-order valence-corrected chi connectivity index (χ3v) is 3.64. The second kappa shape index (κ2) is 7.65. The van der Waals surface area contributed by atoms with Crippen LogP contribution in [-0.4, -0.2) is 20.9 Å². The Labute approximate surface area is 147 Å². The molecule has 0 bridgehead atoms. The van der Waals surface area contributed by atoms with Gasteiger partial charge in [-0.05, 0) is 35.9 Å². The lowest BCUT2D eigenvalue weighted by Crippen LogP contribution is -2.15. The normalized spacial score (nSPS) is 10.2. The maximum atomic E-state index is 12.3. The summed E-state index contributed by atoms with van der Waals surface area (Å²) in [6.45, 7) is 0.532. The number of hydrogen-bond acceptors (Lipinski definition) is 5. The highest BCUT2D eigenvalue weighted by Crippen LogP contribution is 2.16. The molecule has 0 saturated heterocycles. The molecular formula is C17H14BrN5O. The van der Waals surface area contributed by atoms with Crippen molar-refractivity contribution in [3.05, 3.63) is 76.8 Å². The number of aromatic nitrogens is 3. The molecule has 0 aliphatic carbocycles. The summed E-state index contributed by atoms with van der Waals surface area (Å²) in [7, 11) is 0. The Balaban J connectivity index is 1.67. The fourth-order valence-corrected chi connectivity index (χ4v) is 2.41. The number of hydrogen-bond donors (Lipinski definition) is 2. The first-order valence-corrected chi connectivity index (χ1v) is 8.03. The minimum Gasteiger partial charge on any atom is -0.350 e. The summed E-state index contributed by atoms with van der Waals surface area (Å²) in [6.07, 6.45) is 5.03. The topological polar surface area (TPSA) is 79.8 Å². The molecule has 0 aliphatic rings. The SMILES string of the molecule is O=C(Nc1cccc(Br)c1)c1ccnc(NCc2cccnc2)n1. The number of carbonyl (C=O) groups is 1. The van der Waals surface area contributed by atoms with E-state index in [9.17, 15) is 4.79 Å². The highest BCUT2D eigenvalue weighted by atomic mass is 79.9. The van der Waals surface area contributed by atoms with Crippen molar-refractivity contribution in [1.29, 1.82) is 0 Å². The monoisotopic (exact) mass is 383 g/mol. The number of anilines is 2. The van der Waals surface area contributed by atoms with E-state index in [0.29, 0.717) is 23.9 Å². The van der Waals surface area contributed by atoms with E-state index in [4.69, 9.17) is 0 Å². The van der Waals surface area contributed by atoms with E-state index in [1.807, 2.05) is 36.4 Å². The average Bonchev–Trinajstić information content (AvgIpc) is 2.61. The van der Waals surface area contributed by atoms with Crippen molar-refractivity contribution in [1.82, 2.24) is 15.0 Å². The minimum atomic E-state index is -0.292. The summed E-state index contributed by atoms with van der Waals surface area (Å²) in [4.78, 5) is 24.7. The largest absolute Gasteiger partial charge is 0.350 e. The summed E-state index contributed by atoms with van der Waals surface area (Å²) in [5.41, 5.74) is 1.99. The van der Waals surface area contributed by atoms with E-state index in [1.165, 1.54) is 0 Å². The van der Waals surface area contributed by atoms with Crippen molar-refractivity contribution in [2.75, 3.05) is 10.6 Å². The zero-order valence-corrected chi connectivity index (χ0v) is 14.2. The van der Waals surface area contributed by atoms with Crippen LogP contribution in [0.3, 0.4) is 0 Å². The lowest BCUT2D eigenvalue weighted by Gasteiger charge is -2.07. The Hall–Kier alpha value is -2.80. The summed E-state index contributed by atoms with van der Waals surface area (Å²) >= 11 is 3.37. The maximum Gasteiger partial charge on any atom is 0.274 e. The molecule has 0 fully saturated rings. The van der Waals surface area contributed by atoms with Crippen molar-refractivity contribution >= 4 is 33.5 Å². The van der Waals surface area contributed by atoms with Gasteiger partial charge in [-0.2, -0.15) is 0 Å². The van der Waals surface area contributed by atoms with Crippen molar-refractivity contribution in [2.45, 2.75) is 6.54 Å². The molecule has 1 amide bonds. The highest BCUT2D eigenvalue weighted by molar-refractivity contribution is 9.10. The molecule has 0 atom stereocenters. The van der Waals surface area contributed by atoms with E-state index in [-0.39, 0.29) is 5.91 Å². The predicted molar refractivity (Wildman–Crippen MR) is 95.7 cm³/mol. The number of nitrogens with one attached hydrogen (secondary N) is 2. The average molecular weight is 384 g/mol. The van der Waals surface area contributed by atoms with Crippen LogP contribution in [0.4, 0.5) is 11.6 Å².